The van der Waals surface area contributed by atoms with Crippen LogP contribution >= 0.6 is 22.9 Å². The normalized spacial score (nSPS) is 18.4. The van der Waals surface area contributed by atoms with E-state index in [1.165, 1.54) is 11.3 Å². The van der Waals surface area contributed by atoms with Crippen molar-refractivity contribution in [3.63, 3.8) is 0 Å². The Balaban J connectivity index is 1.95. The van der Waals surface area contributed by atoms with Gasteiger partial charge < -0.3 is 11.6 Å². The molecule has 1 unspecified atom stereocenters. The number of aromatic nitrogens is 3. The van der Waals surface area contributed by atoms with Gasteiger partial charge >= 0.3 is 5.69 Å². The minimum Gasteiger partial charge on any atom is -0.332 e. The van der Waals surface area contributed by atoms with Crippen LogP contribution in [0.5, 0.6) is 0 Å². The van der Waals surface area contributed by atoms with Crippen molar-refractivity contribution in [2.45, 2.75) is 44.7 Å². The monoisotopic (exact) mass is 379 g/mol. The summed E-state index contributed by atoms with van der Waals surface area (Å²) in [5, 5.41) is 3.17. The van der Waals surface area contributed by atoms with E-state index in [0.717, 1.165) is 29.1 Å². The standard InChI is InChI=1S/C16H18ClN5O2S/c1-7(18)14-20-11(6-25-14)9-4-5-10-13(12(9)17)21(8-2-3-8)16(24)22(19)15(10)23/h6-8H,2-5,18-19H2,1H3. The Hall–Kier alpha value is -1.90. The van der Waals surface area contributed by atoms with E-state index in [1.807, 2.05) is 12.3 Å². The highest BCUT2D eigenvalue weighted by Gasteiger charge is 2.34. The SMILES string of the molecule is CC(N)c1nc(C2=C(Cl)c3c(c(=O)n(N)c(=O)n3C3CC3)CC2)cs1. The van der Waals surface area contributed by atoms with E-state index >= 15 is 0 Å². The fourth-order valence-corrected chi connectivity index (χ4v) is 4.39. The molecule has 9 heteroatoms. The van der Waals surface area contributed by atoms with Gasteiger partial charge in [0.25, 0.3) is 5.56 Å². The second-order valence-corrected chi connectivity index (χ2v) is 7.81. The Morgan fingerprint density at radius 2 is 2.08 bits per heavy atom. The Kier molecular flexibility index (Phi) is 3.86. The van der Waals surface area contributed by atoms with E-state index in [4.69, 9.17) is 23.2 Å². The highest BCUT2D eigenvalue weighted by Crippen LogP contribution is 2.42. The minimum atomic E-state index is -0.514. The topological polar surface area (TPSA) is 109 Å². The molecular formula is C16H18ClN5O2S. The molecule has 0 amide bonds. The third-order valence-electron chi connectivity index (χ3n) is 4.65. The summed E-state index contributed by atoms with van der Waals surface area (Å²) >= 11 is 8.16. The summed E-state index contributed by atoms with van der Waals surface area (Å²) in [6, 6.07) is -0.0945. The first-order valence-corrected chi connectivity index (χ1v) is 9.41. The summed E-state index contributed by atoms with van der Waals surface area (Å²) in [6.07, 6.45) is 2.83. The Morgan fingerprint density at radius 3 is 2.68 bits per heavy atom. The summed E-state index contributed by atoms with van der Waals surface area (Å²) in [6.45, 7) is 1.88. The lowest BCUT2D eigenvalue weighted by Gasteiger charge is -2.23. The molecule has 2 aliphatic carbocycles. The van der Waals surface area contributed by atoms with Crippen molar-refractivity contribution in [2.75, 3.05) is 5.84 Å². The largest absolute Gasteiger partial charge is 0.350 e. The molecule has 1 fully saturated rings. The van der Waals surface area contributed by atoms with E-state index in [9.17, 15) is 9.59 Å². The average molecular weight is 380 g/mol. The predicted octanol–water partition coefficient (Wildman–Crippen LogP) is 1.59. The molecule has 7 nitrogen and oxygen atoms in total. The molecule has 132 valence electrons. The van der Waals surface area contributed by atoms with Gasteiger partial charge in [-0.2, -0.15) is 4.68 Å². The van der Waals surface area contributed by atoms with E-state index in [2.05, 4.69) is 4.98 Å². The number of nitrogens with zero attached hydrogens (tertiary/aromatic N) is 3. The van der Waals surface area contributed by atoms with Gasteiger partial charge in [-0.15, -0.1) is 11.3 Å². The number of nitrogen functional groups attached to an aromatic ring is 1. The van der Waals surface area contributed by atoms with Gasteiger partial charge in [0.05, 0.1) is 22.5 Å². The van der Waals surface area contributed by atoms with Gasteiger partial charge in [-0.3, -0.25) is 9.36 Å². The van der Waals surface area contributed by atoms with Gasteiger partial charge in [0, 0.05) is 17.0 Å². The van der Waals surface area contributed by atoms with E-state index in [0.29, 0.717) is 33.8 Å². The van der Waals surface area contributed by atoms with Crippen LogP contribution < -0.4 is 22.8 Å². The van der Waals surface area contributed by atoms with Crippen molar-refractivity contribution in [3.8, 4) is 0 Å². The number of hydrogen-bond donors (Lipinski definition) is 2. The van der Waals surface area contributed by atoms with Crippen molar-refractivity contribution in [1.82, 2.24) is 14.2 Å². The van der Waals surface area contributed by atoms with Crippen molar-refractivity contribution in [2.24, 2.45) is 5.73 Å². The highest BCUT2D eigenvalue weighted by molar-refractivity contribution is 7.09. The lowest BCUT2D eigenvalue weighted by Crippen LogP contribution is -2.47. The van der Waals surface area contributed by atoms with Crippen LogP contribution in [0.25, 0.3) is 10.6 Å². The lowest BCUT2D eigenvalue weighted by molar-refractivity contribution is 0.611. The maximum atomic E-state index is 12.5. The minimum absolute atomic E-state index is 0.0554. The highest BCUT2D eigenvalue weighted by atomic mass is 35.5. The van der Waals surface area contributed by atoms with Crippen LogP contribution in [0.15, 0.2) is 15.0 Å². The zero-order chi connectivity index (χ0) is 17.9. The number of rotatable bonds is 3. The molecule has 0 spiro atoms. The number of thiazole rings is 1. The number of hydrogen-bond acceptors (Lipinski definition) is 6. The third-order valence-corrected chi connectivity index (χ3v) is 6.10. The number of halogens is 1. The maximum Gasteiger partial charge on any atom is 0.350 e. The summed E-state index contributed by atoms with van der Waals surface area (Å²) in [5.74, 6) is 5.69. The molecule has 0 saturated heterocycles. The Bertz CT molecular complexity index is 1010. The van der Waals surface area contributed by atoms with Gasteiger partial charge in [-0.1, -0.05) is 11.6 Å². The van der Waals surface area contributed by atoms with Crippen LogP contribution in [0.4, 0.5) is 0 Å². The van der Waals surface area contributed by atoms with Crippen molar-refractivity contribution in [1.29, 1.82) is 0 Å². The van der Waals surface area contributed by atoms with Crippen LogP contribution in [0.1, 0.15) is 60.2 Å². The third kappa shape index (κ3) is 2.56. The van der Waals surface area contributed by atoms with Gasteiger partial charge in [0.1, 0.15) is 5.01 Å². The molecule has 1 saturated carbocycles. The molecule has 0 bridgehead atoms. The van der Waals surface area contributed by atoms with Gasteiger partial charge in [0.2, 0.25) is 0 Å². The number of fused-ring (bicyclic) bond motifs is 1. The smallest absolute Gasteiger partial charge is 0.332 e. The van der Waals surface area contributed by atoms with Crippen LogP contribution in [0, 0.1) is 0 Å². The molecule has 2 aromatic rings. The van der Waals surface area contributed by atoms with E-state index in [-0.39, 0.29) is 12.1 Å². The molecule has 2 aliphatic rings. The van der Waals surface area contributed by atoms with E-state index in [1.54, 1.807) is 4.57 Å². The molecule has 0 radical (unpaired) electrons. The molecule has 0 aliphatic heterocycles. The molecule has 0 aromatic carbocycles. The first kappa shape index (κ1) is 16.6. The van der Waals surface area contributed by atoms with Crippen LogP contribution in [-0.2, 0) is 6.42 Å². The zero-order valence-electron chi connectivity index (χ0n) is 13.7. The van der Waals surface area contributed by atoms with Crippen LogP contribution in [0.2, 0.25) is 0 Å². The van der Waals surface area contributed by atoms with Crippen molar-refractivity contribution < 1.29 is 0 Å². The molecule has 25 heavy (non-hydrogen) atoms. The van der Waals surface area contributed by atoms with Gasteiger partial charge in [-0.25, -0.2) is 9.78 Å². The Morgan fingerprint density at radius 1 is 1.36 bits per heavy atom. The fourth-order valence-electron chi connectivity index (χ4n) is 3.20. The molecule has 2 aromatic heterocycles. The van der Waals surface area contributed by atoms with Gasteiger partial charge in [-0.05, 0) is 38.2 Å². The second kappa shape index (κ2) is 5.82. The van der Waals surface area contributed by atoms with Crippen molar-refractivity contribution >= 4 is 33.5 Å². The van der Waals surface area contributed by atoms with Crippen LogP contribution in [-0.4, -0.2) is 14.2 Å². The quantitative estimate of drug-likeness (QED) is 0.787. The summed E-state index contributed by atoms with van der Waals surface area (Å²) < 4.78 is 2.28. The zero-order valence-corrected chi connectivity index (χ0v) is 15.2. The molecular weight excluding hydrogens is 362 g/mol. The van der Waals surface area contributed by atoms with Crippen LogP contribution in [0.3, 0.4) is 0 Å². The molecule has 2 heterocycles. The number of nitrogens with two attached hydrogens (primary N) is 2. The van der Waals surface area contributed by atoms with Crippen molar-refractivity contribution in [3.05, 3.63) is 48.2 Å². The predicted molar refractivity (Wildman–Crippen MR) is 99.1 cm³/mol. The first-order chi connectivity index (χ1) is 11.9. The molecule has 4 rings (SSSR count). The fraction of sp³-hybridized carbons (Fsp3) is 0.438. The Labute approximate surface area is 152 Å². The molecule has 4 N–H and O–H groups in total. The van der Waals surface area contributed by atoms with Gasteiger partial charge in [0.15, 0.2) is 0 Å². The van der Waals surface area contributed by atoms with E-state index < -0.39 is 11.2 Å². The summed E-state index contributed by atoms with van der Waals surface area (Å²) in [7, 11) is 0. The maximum absolute atomic E-state index is 12.5. The number of allylic oxidation sites excluding steroid dienone is 1. The summed E-state index contributed by atoms with van der Waals surface area (Å²) in [5.41, 5.74) is 7.54. The summed E-state index contributed by atoms with van der Waals surface area (Å²) in [4.78, 5) is 29.5. The molecule has 1 atom stereocenters. The first-order valence-electron chi connectivity index (χ1n) is 8.16. The second-order valence-electron chi connectivity index (χ2n) is 6.54. The average Bonchev–Trinajstić information content (AvgIpc) is 3.29. The lowest BCUT2D eigenvalue weighted by atomic mass is 9.94.